The molecule has 1 saturated heterocycles. The van der Waals surface area contributed by atoms with Gasteiger partial charge in [0.25, 0.3) is 5.91 Å². The van der Waals surface area contributed by atoms with E-state index in [2.05, 4.69) is 49.6 Å². The van der Waals surface area contributed by atoms with E-state index in [0.717, 1.165) is 54.9 Å². The van der Waals surface area contributed by atoms with Crippen LogP contribution in [0, 0.1) is 6.92 Å². The predicted molar refractivity (Wildman–Crippen MR) is 129 cm³/mol. The summed E-state index contributed by atoms with van der Waals surface area (Å²) in [5.74, 6) is 1.03. The first-order valence-electron chi connectivity index (χ1n) is 11.1. The molecule has 2 heterocycles. The van der Waals surface area contributed by atoms with Gasteiger partial charge in [-0.05, 0) is 88.1 Å². The number of hydrogen-bond acceptors (Lipinski definition) is 3. The molecule has 6 heteroatoms. The monoisotopic (exact) mass is 437 g/mol. The average molecular weight is 438 g/mol. The summed E-state index contributed by atoms with van der Waals surface area (Å²) in [6, 6.07) is 13.9. The van der Waals surface area contributed by atoms with E-state index in [4.69, 9.17) is 17.0 Å². The fourth-order valence-electron chi connectivity index (χ4n) is 4.39. The van der Waals surface area contributed by atoms with Crippen LogP contribution >= 0.6 is 12.2 Å². The molecule has 0 radical (unpaired) electrons. The molecule has 0 spiro atoms. The van der Waals surface area contributed by atoms with Crippen LogP contribution < -0.4 is 15.4 Å². The Morgan fingerprint density at radius 3 is 2.52 bits per heavy atom. The number of thiocarbonyl (C=S) groups is 1. The molecule has 2 aliphatic rings. The van der Waals surface area contributed by atoms with E-state index in [1.54, 1.807) is 0 Å². The van der Waals surface area contributed by atoms with E-state index in [-0.39, 0.29) is 17.6 Å². The van der Waals surface area contributed by atoms with Crippen molar-refractivity contribution in [3.63, 3.8) is 0 Å². The number of piperidine rings is 1. The topological polar surface area (TPSA) is 53.6 Å². The molecular weight excluding hydrogens is 406 g/mol. The van der Waals surface area contributed by atoms with Crippen molar-refractivity contribution in [3.8, 4) is 5.75 Å². The zero-order chi connectivity index (χ0) is 22.0. The van der Waals surface area contributed by atoms with Crippen molar-refractivity contribution in [1.29, 1.82) is 0 Å². The van der Waals surface area contributed by atoms with E-state index in [0.29, 0.717) is 5.11 Å². The predicted octanol–water partition coefficient (Wildman–Crippen LogP) is 5.21. The van der Waals surface area contributed by atoms with Crippen LogP contribution in [0.1, 0.15) is 67.1 Å². The summed E-state index contributed by atoms with van der Waals surface area (Å²) in [7, 11) is 0. The summed E-state index contributed by atoms with van der Waals surface area (Å²) < 4.78 is 6.18. The van der Waals surface area contributed by atoms with Gasteiger partial charge in [-0.25, -0.2) is 0 Å². The number of fused-ring (bicyclic) bond motifs is 1. The highest BCUT2D eigenvalue weighted by Crippen LogP contribution is 2.39. The number of anilines is 1. The summed E-state index contributed by atoms with van der Waals surface area (Å²) in [6.07, 6.45) is 4.22. The van der Waals surface area contributed by atoms with Crippen molar-refractivity contribution in [2.24, 2.45) is 0 Å². The highest BCUT2D eigenvalue weighted by Gasteiger charge is 2.34. The molecule has 1 fully saturated rings. The summed E-state index contributed by atoms with van der Waals surface area (Å²) in [5, 5.41) is 7.27. The summed E-state index contributed by atoms with van der Waals surface area (Å²) in [6.45, 7) is 7.98. The molecule has 5 nitrogen and oxygen atoms in total. The third-order valence-corrected chi connectivity index (χ3v) is 6.18. The van der Waals surface area contributed by atoms with Gasteiger partial charge in [0.05, 0.1) is 6.04 Å². The van der Waals surface area contributed by atoms with Gasteiger partial charge in [-0.15, -0.1) is 0 Å². The number of rotatable bonds is 3. The van der Waals surface area contributed by atoms with Crippen molar-refractivity contribution in [1.82, 2.24) is 10.2 Å². The number of aryl methyl sites for hydroxylation is 1. The molecular formula is C25H31N3O2S. The van der Waals surface area contributed by atoms with Crippen LogP contribution in [0.2, 0.25) is 0 Å². The quantitative estimate of drug-likeness (QED) is 0.646. The molecule has 2 aromatic carbocycles. The second-order valence-corrected chi connectivity index (χ2v) is 9.60. The minimum atomic E-state index is -0.273. The molecule has 31 heavy (non-hydrogen) atoms. The lowest BCUT2D eigenvalue weighted by molar-refractivity contribution is 0.0695. The summed E-state index contributed by atoms with van der Waals surface area (Å²) >= 11 is 5.60. The van der Waals surface area contributed by atoms with Gasteiger partial charge in [0.15, 0.2) is 5.11 Å². The Hall–Kier alpha value is -2.60. The molecule has 1 atom stereocenters. The molecule has 4 rings (SSSR count). The van der Waals surface area contributed by atoms with Crippen molar-refractivity contribution in [2.75, 3.05) is 18.4 Å². The molecule has 2 aliphatic heterocycles. The van der Waals surface area contributed by atoms with Gasteiger partial charge in [-0.2, -0.15) is 0 Å². The Balaban J connectivity index is 1.40. The number of carbonyl (C=O) groups is 1. The number of carbonyl (C=O) groups excluding carboxylic acids is 1. The first-order valence-corrected chi connectivity index (χ1v) is 11.5. The molecule has 164 valence electrons. The third-order valence-electron chi connectivity index (χ3n) is 5.96. The molecule has 0 aromatic heterocycles. The van der Waals surface area contributed by atoms with Crippen LogP contribution in [0.4, 0.5) is 5.69 Å². The number of benzene rings is 2. The van der Waals surface area contributed by atoms with Crippen molar-refractivity contribution in [2.45, 2.75) is 58.1 Å². The maximum Gasteiger partial charge on any atom is 0.253 e. The number of likely N-dealkylation sites (tertiary alicyclic amines) is 1. The van der Waals surface area contributed by atoms with E-state index >= 15 is 0 Å². The fourth-order valence-corrected chi connectivity index (χ4v) is 4.65. The average Bonchev–Trinajstić information content (AvgIpc) is 2.73. The minimum absolute atomic E-state index is 0.0688. The Kier molecular flexibility index (Phi) is 6.19. The minimum Gasteiger partial charge on any atom is -0.487 e. The Morgan fingerprint density at radius 1 is 1.10 bits per heavy atom. The van der Waals surface area contributed by atoms with Gasteiger partial charge < -0.3 is 20.3 Å². The van der Waals surface area contributed by atoms with Gasteiger partial charge in [0.1, 0.15) is 11.4 Å². The van der Waals surface area contributed by atoms with Crippen LogP contribution in [0.3, 0.4) is 0 Å². The lowest BCUT2D eigenvalue weighted by Gasteiger charge is -2.38. The van der Waals surface area contributed by atoms with E-state index in [9.17, 15) is 4.79 Å². The molecule has 0 saturated carbocycles. The van der Waals surface area contributed by atoms with Gasteiger partial charge in [-0.1, -0.05) is 12.1 Å². The van der Waals surface area contributed by atoms with Crippen LogP contribution in [0.5, 0.6) is 5.75 Å². The SMILES string of the molecule is Cc1ccc2c(c1)OC(C)(C)C[C@@H]2NC(=S)Nc1ccc(C(=O)N2CCCCC2)cc1. The van der Waals surface area contributed by atoms with Gasteiger partial charge in [0.2, 0.25) is 0 Å². The largest absolute Gasteiger partial charge is 0.487 e. The number of hydrogen-bond donors (Lipinski definition) is 2. The summed E-state index contributed by atoms with van der Waals surface area (Å²) in [4.78, 5) is 14.6. The maximum absolute atomic E-state index is 12.7. The van der Waals surface area contributed by atoms with Crippen molar-refractivity contribution < 1.29 is 9.53 Å². The fraction of sp³-hybridized carbons (Fsp3) is 0.440. The number of nitrogens with zero attached hydrogens (tertiary/aromatic N) is 1. The van der Waals surface area contributed by atoms with Gasteiger partial charge in [0, 0.05) is 36.3 Å². The van der Waals surface area contributed by atoms with Crippen LogP contribution in [0.15, 0.2) is 42.5 Å². The molecule has 1 amide bonds. The zero-order valence-corrected chi connectivity index (χ0v) is 19.3. The highest BCUT2D eigenvalue weighted by atomic mass is 32.1. The number of amides is 1. The molecule has 0 bridgehead atoms. The van der Waals surface area contributed by atoms with Crippen molar-refractivity contribution in [3.05, 3.63) is 59.2 Å². The van der Waals surface area contributed by atoms with E-state index in [1.165, 1.54) is 12.0 Å². The van der Waals surface area contributed by atoms with E-state index < -0.39 is 0 Å². The smallest absolute Gasteiger partial charge is 0.253 e. The van der Waals surface area contributed by atoms with E-state index in [1.807, 2.05) is 29.2 Å². The normalized spacial score (nSPS) is 19.7. The Morgan fingerprint density at radius 2 is 1.81 bits per heavy atom. The molecule has 0 aliphatic carbocycles. The standard InChI is InChI=1S/C25H31N3O2S/c1-17-7-12-20-21(16-25(2,3)30-22(20)15-17)27-24(31)26-19-10-8-18(9-11-19)23(29)28-13-5-4-6-14-28/h7-12,15,21H,4-6,13-14,16H2,1-3H3,(H2,26,27,31)/t21-/m0/s1. The van der Waals surface area contributed by atoms with Gasteiger partial charge in [-0.3, -0.25) is 4.79 Å². The first kappa shape index (κ1) is 21.6. The van der Waals surface area contributed by atoms with Crippen LogP contribution in [-0.4, -0.2) is 34.6 Å². The lowest BCUT2D eigenvalue weighted by atomic mass is 9.89. The number of nitrogens with one attached hydrogen (secondary N) is 2. The molecule has 0 unspecified atom stereocenters. The number of ether oxygens (including phenoxy) is 1. The van der Waals surface area contributed by atoms with Gasteiger partial charge >= 0.3 is 0 Å². The van der Waals surface area contributed by atoms with Crippen molar-refractivity contribution >= 4 is 28.9 Å². The molecule has 2 aromatic rings. The summed E-state index contributed by atoms with van der Waals surface area (Å²) in [5.41, 5.74) is 3.61. The van der Waals surface area contributed by atoms with Crippen LogP contribution in [-0.2, 0) is 0 Å². The lowest BCUT2D eigenvalue weighted by Crippen LogP contribution is -2.42. The molecule has 2 N–H and O–H groups in total. The van der Waals surface area contributed by atoms with Crippen LogP contribution in [0.25, 0.3) is 0 Å². The highest BCUT2D eigenvalue weighted by molar-refractivity contribution is 7.80. The second kappa shape index (κ2) is 8.87. The Labute approximate surface area is 190 Å². The second-order valence-electron chi connectivity index (χ2n) is 9.19. The first-order chi connectivity index (χ1) is 14.8. The maximum atomic E-state index is 12.7. The third kappa shape index (κ3) is 5.18. The Bertz CT molecular complexity index is 965. The zero-order valence-electron chi connectivity index (χ0n) is 18.5.